The first-order valence-corrected chi connectivity index (χ1v) is 7.06. The average molecular weight is 286 g/mol. The van der Waals surface area contributed by atoms with Crippen LogP contribution >= 0.6 is 0 Å². The predicted octanol–water partition coefficient (Wildman–Crippen LogP) is 2.87. The number of nitrogens with two attached hydrogens (primary N) is 1. The Labute approximate surface area is 125 Å². The molecular formula is C17H22N2O2. The predicted molar refractivity (Wildman–Crippen MR) is 83.7 cm³/mol. The molecule has 1 heterocycles. The Balaban J connectivity index is 2.19. The van der Waals surface area contributed by atoms with E-state index in [0.717, 1.165) is 28.9 Å². The molecule has 1 aromatic heterocycles. The van der Waals surface area contributed by atoms with E-state index in [2.05, 4.69) is 11.1 Å². The number of rotatable bonds is 6. The van der Waals surface area contributed by atoms with Crippen LogP contribution in [0.2, 0.25) is 0 Å². The van der Waals surface area contributed by atoms with E-state index in [1.807, 2.05) is 38.1 Å². The molecule has 112 valence electrons. The van der Waals surface area contributed by atoms with Crippen molar-refractivity contribution in [3.63, 3.8) is 0 Å². The maximum atomic E-state index is 6.02. The highest BCUT2D eigenvalue weighted by atomic mass is 16.5. The second kappa shape index (κ2) is 7.09. The van der Waals surface area contributed by atoms with Crippen molar-refractivity contribution in [3.8, 4) is 11.6 Å². The second-order valence-corrected chi connectivity index (χ2v) is 5.21. The summed E-state index contributed by atoms with van der Waals surface area (Å²) in [6.45, 7) is 4.46. The molecule has 21 heavy (non-hydrogen) atoms. The van der Waals surface area contributed by atoms with E-state index in [4.69, 9.17) is 15.2 Å². The molecule has 1 unspecified atom stereocenters. The zero-order valence-corrected chi connectivity index (χ0v) is 12.8. The second-order valence-electron chi connectivity index (χ2n) is 5.21. The lowest BCUT2D eigenvalue weighted by molar-refractivity contribution is 0.289. The Hall–Kier alpha value is -2.07. The van der Waals surface area contributed by atoms with Crippen molar-refractivity contribution in [2.45, 2.75) is 32.9 Å². The zero-order chi connectivity index (χ0) is 15.2. The number of benzene rings is 1. The van der Waals surface area contributed by atoms with Crippen LogP contribution in [-0.4, -0.2) is 18.1 Å². The van der Waals surface area contributed by atoms with Crippen molar-refractivity contribution in [1.82, 2.24) is 4.98 Å². The van der Waals surface area contributed by atoms with Gasteiger partial charge in [0.05, 0.1) is 12.7 Å². The largest absolute Gasteiger partial charge is 0.488 e. The highest BCUT2D eigenvalue weighted by molar-refractivity contribution is 5.41. The number of pyridine rings is 1. The van der Waals surface area contributed by atoms with E-state index in [-0.39, 0.29) is 6.04 Å². The molecular weight excluding hydrogens is 264 g/mol. The highest BCUT2D eigenvalue weighted by Crippen LogP contribution is 2.26. The van der Waals surface area contributed by atoms with Gasteiger partial charge in [-0.05, 0) is 43.5 Å². The fraction of sp³-hybridized carbons (Fsp3) is 0.353. The smallest absolute Gasteiger partial charge is 0.219 e. The van der Waals surface area contributed by atoms with Gasteiger partial charge in [0.15, 0.2) is 0 Å². The maximum absolute atomic E-state index is 6.02. The number of methoxy groups -OCH3 is 1. The molecule has 0 amide bonds. The first-order chi connectivity index (χ1) is 10.1. The molecule has 0 spiro atoms. The van der Waals surface area contributed by atoms with E-state index < -0.39 is 0 Å². The van der Waals surface area contributed by atoms with Gasteiger partial charge in [-0.25, -0.2) is 4.98 Å². The number of aromatic nitrogens is 1. The Kier molecular flexibility index (Phi) is 5.17. The fourth-order valence-corrected chi connectivity index (χ4v) is 2.30. The van der Waals surface area contributed by atoms with Gasteiger partial charge in [0.2, 0.25) is 5.88 Å². The van der Waals surface area contributed by atoms with Gasteiger partial charge in [0, 0.05) is 12.2 Å². The minimum absolute atomic E-state index is 0.0991. The molecule has 0 aliphatic heterocycles. The monoisotopic (exact) mass is 286 g/mol. The van der Waals surface area contributed by atoms with Crippen LogP contribution < -0.4 is 15.2 Å². The van der Waals surface area contributed by atoms with Gasteiger partial charge in [-0.2, -0.15) is 0 Å². The van der Waals surface area contributed by atoms with Crippen LogP contribution in [0.3, 0.4) is 0 Å². The van der Waals surface area contributed by atoms with Crippen molar-refractivity contribution in [2.24, 2.45) is 5.73 Å². The lowest BCUT2D eigenvalue weighted by atomic mass is 10.0. The van der Waals surface area contributed by atoms with Crippen molar-refractivity contribution < 1.29 is 9.47 Å². The third-order valence-electron chi connectivity index (χ3n) is 3.25. The van der Waals surface area contributed by atoms with Crippen molar-refractivity contribution in [2.75, 3.05) is 7.11 Å². The molecule has 0 saturated carbocycles. The molecule has 4 heteroatoms. The average Bonchev–Trinajstić information content (AvgIpc) is 2.46. The minimum atomic E-state index is 0.0991. The number of ether oxygens (including phenoxy) is 2. The van der Waals surface area contributed by atoms with Crippen molar-refractivity contribution in [3.05, 3.63) is 53.2 Å². The van der Waals surface area contributed by atoms with Gasteiger partial charge < -0.3 is 15.2 Å². The number of nitrogens with zero attached hydrogens (tertiary/aromatic N) is 1. The Morgan fingerprint density at radius 3 is 2.67 bits per heavy atom. The molecule has 0 fully saturated rings. The van der Waals surface area contributed by atoms with E-state index in [0.29, 0.717) is 12.5 Å². The molecule has 0 radical (unpaired) electrons. The summed E-state index contributed by atoms with van der Waals surface area (Å²) in [5, 5.41) is 0. The number of aryl methyl sites for hydroxylation is 1. The summed E-state index contributed by atoms with van der Waals surface area (Å²) in [4.78, 5) is 4.18. The summed E-state index contributed by atoms with van der Waals surface area (Å²) in [5.41, 5.74) is 9.08. The third kappa shape index (κ3) is 3.95. The van der Waals surface area contributed by atoms with Crippen LogP contribution in [-0.2, 0) is 13.0 Å². The molecule has 0 saturated heterocycles. The van der Waals surface area contributed by atoms with Gasteiger partial charge >= 0.3 is 0 Å². The van der Waals surface area contributed by atoms with Crippen LogP contribution in [0, 0.1) is 6.92 Å². The third-order valence-corrected chi connectivity index (χ3v) is 3.25. The normalized spacial score (nSPS) is 12.0. The molecule has 2 rings (SSSR count). The van der Waals surface area contributed by atoms with Gasteiger partial charge in [0.25, 0.3) is 0 Å². The zero-order valence-electron chi connectivity index (χ0n) is 12.8. The first kappa shape index (κ1) is 15.3. The van der Waals surface area contributed by atoms with Gasteiger partial charge in [-0.1, -0.05) is 18.2 Å². The molecule has 4 nitrogen and oxygen atoms in total. The highest BCUT2D eigenvalue weighted by Gasteiger charge is 2.11. The van der Waals surface area contributed by atoms with E-state index in [9.17, 15) is 0 Å². The lowest BCUT2D eigenvalue weighted by Gasteiger charge is -2.16. The van der Waals surface area contributed by atoms with E-state index in [1.165, 1.54) is 0 Å². The summed E-state index contributed by atoms with van der Waals surface area (Å²) in [5.74, 6) is 1.50. The minimum Gasteiger partial charge on any atom is -0.488 e. The molecule has 0 aliphatic rings. The summed E-state index contributed by atoms with van der Waals surface area (Å²) in [6.07, 6.45) is 2.50. The fourth-order valence-electron chi connectivity index (χ4n) is 2.30. The molecule has 0 aliphatic carbocycles. The van der Waals surface area contributed by atoms with Crippen LogP contribution in [0.5, 0.6) is 11.6 Å². The van der Waals surface area contributed by atoms with Crippen LogP contribution in [0.4, 0.5) is 0 Å². The van der Waals surface area contributed by atoms with E-state index in [1.54, 1.807) is 13.3 Å². The molecule has 2 N–H and O–H groups in total. The maximum Gasteiger partial charge on any atom is 0.219 e. The Morgan fingerprint density at radius 1 is 1.19 bits per heavy atom. The number of hydrogen-bond acceptors (Lipinski definition) is 4. The van der Waals surface area contributed by atoms with Crippen LogP contribution in [0.15, 0.2) is 36.5 Å². The Morgan fingerprint density at radius 2 is 1.95 bits per heavy atom. The molecule has 1 aromatic carbocycles. The number of para-hydroxylation sites is 1. The van der Waals surface area contributed by atoms with Crippen molar-refractivity contribution in [1.29, 1.82) is 0 Å². The summed E-state index contributed by atoms with van der Waals surface area (Å²) < 4.78 is 11.3. The van der Waals surface area contributed by atoms with Crippen LogP contribution in [0.25, 0.3) is 0 Å². The van der Waals surface area contributed by atoms with Gasteiger partial charge in [-0.15, -0.1) is 0 Å². The first-order valence-electron chi connectivity index (χ1n) is 7.06. The lowest BCUT2D eigenvalue weighted by Crippen LogP contribution is -2.18. The molecule has 0 bridgehead atoms. The quantitative estimate of drug-likeness (QED) is 0.887. The van der Waals surface area contributed by atoms with E-state index >= 15 is 0 Å². The van der Waals surface area contributed by atoms with Crippen molar-refractivity contribution >= 4 is 0 Å². The SMILES string of the molecule is COc1ncccc1COc1c(C)cccc1CC(C)N. The summed E-state index contributed by atoms with van der Waals surface area (Å²) >= 11 is 0. The Bertz CT molecular complexity index is 597. The van der Waals surface area contributed by atoms with Crippen LogP contribution in [0.1, 0.15) is 23.6 Å². The standard InChI is InChI=1S/C17H22N2O2/c1-12-6-4-7-14(10-13(2)18)16(12)21-11-15-8-5-9-19-17(15)20-3/h4-9,13H,10-11,18H2,1-3H3. The summed E-state index contributed by atoms with van der Waals surface area (Å²) in [6, 6.07) is 10.1. The topological polar surface area (TPSA) is 57.4 Å². The molecule has 1 atom stereocenters. The van der Waals surface area contributed by atoms with Gasteiger partial charge in [-0.3, -0.25) is 0 Å². The summed E-state index contributed by atoms with van der Waals surface area (Å²) in [7, 11) is 1.61. The molecule has 2 aromatic rings. The van der Waals surface area contributed by atoms with Gasteiger partial charge in [0.1, 0.15) is 12.4 Å². The number of hydrogen-bond donors (Lipinski definition) is 1.